The smallest absolute Gasteiger partial charge is 0.328 e. The number of aromatic amines is 1. The highest BCUT2D eigenvalue weighted by molar-refractivity contribution is 7.91. The van der Waals surface area contributed by atoms with Crippen molar-refractivity contribution in [2.45, 2.75) is 56.9 Å². The Morgan fingerprint density at radius 2 is 1.91 bits per heavy atom. The maximum atomic E-state index is 12.8. The summed E-state index contributed by atoms with van der Waals surface area (Å²) in [5.74, 6) is 1.54. The van der Waals surface area contributed by atoms with E-state index in [1.807, 2.05) is 18.2 Å². The molecule has 1 heterocycles. The molecular formula is C23H29ClN2O5S. The van der Waals surface area contributed by atoms with E-state index in [0.29, 0.717) is 49.1 Å². The fourth-order valence-corrected chi connectivity index (χ4v) is 6.26. The lowest BCUT2D eigenvalue weighted by atomic mass is 9.98. The number of rotatable bonds is 12. The zero-order valence-corrected chi connectivity index (χ0v) is 19.6. The number of halogens is 1. The lowest BCUT2D eigenvalue weighted by Gasteiger charge is -2.18. The van der Waals surface area contributed by atoms with Crippen LogP contribution in [0.25, 0.3) is 0 Å². The highest BCUT2D eigenvalue weighted by Crippen LogP contribution is 2.50. The second kappa shape index (κ2) is 9.43. The van der Waals surface area contributed by atoms with Crippen LogP contribution in [0.3, 0.4) is 0 Å². The molecule has 0 bridgehead atoms. The highest BCUT2D eigenvalue weighted by Gasteiger charge is 2.47. The molecule has 1 aromatic carbocycles. The van der Waals surface area contributed by atoms with Crippen molar-refractivity contribution in [1.82, 2.24) is 9.55 Å². The lowest BCUT2D eigenvalue weighted by molar-refractivity contribution is 0.299. The first kappa shape index (κ1) is 23.1. The van der Waals surface area contributed by atoms with Gasteiger partial charge in [-0.05, 0) is 62.1 Å². The molecule has 0 amide bonds. The molecule has 9 heteroatoms. The number of unbranched alkanes of at least 4 members (excludes halogenated alkanes) is 2. The minimum absolute atomic E-state index is 0.133. The Hall–Kier alpha value is -2.06. The number of nitrogens with one attached hydrogen (secondary N) is 1. The van der Waals surface area contributed by atoms with E-state index in [1.165, 1.54) is 29.7 Å². The fraction of sp³-hybridized carbons (Fsp3) is 0.565. The lowest BCUT2D eigenvalue weighted by Crippen LogP contribution is -2.28. The molecule has 32 heavy (non-hydrogen) atoms. The van der Waals surface area contributed by atoms with Crippen molar-refractivity contribution in [3.05, 3.63) is 61.9 Å². The standard InChI is InChI=1S/C23H29ClN2O5S/c24-19-7-6-18(14-20(19)31-15-17-4-5-17)23(9-10-23)16-32(29,30)13-3-1-2-11-26-12-8-21(27)25-22(26)28/h6-8,12,14,17H,1-5,9-11,13,15-16H2,(H,25,27,28). The van der Waals surface area contributed by atoms with Gasteiger partial charge in [0, 0.05) is 24.2 Å². The zero-order valence-electron chi connectivity index (χ0n) is 18.0. The second-order valence-electron chi connectivity index (χ2n) is 9.14. The molecule has 0 saturated heterocycles. The predicted molar refractivity (Wildman–Crippen MR) is 124 cm³/mol. The van der Waals surface area contributed by atoms with E-state index in [2.05, 4.69) is 4.98 Å². The van der Waals surface area contributed by atoms with Crippen LogP contribution < -0.4 is 16.0 Å². The Kier molecular flexibility index (Phi) is 6.81. The number of H-pyrrole nitrogens is 1. The van der Waals surface area contributed by atoms with Gasteiger partial charge in [-0.15, -0.1) is 0 Å². The van der Waals surface area contributed by atoms with Crippen LogP contribution in [-0.2, 0) is 21.8 Å². The van der Waals surface area contributed by atoms with Crippen molar-refractivity contribution in [3.63, 3.8) is 0 Å². The average Bonchev–Trinajstić information content (AvgIpc) is 3.65. The molecule has 4 rings (SSSR count). The summed E-state index contributed by atoms with van der Waals surface area (Å²) in [6.45, 7) is 1.12. The van der Waals surface area contributed by atoms with Gasteiger partial charge in [0.1, 0.15) is 5.75 Å². The minimum atomic E-state index is -3.21. The molecule has 2 aliphatic carbocycles. The Morgan fingerprint density at radius 3 is 2.59 bits per heavy atom. The van der Waals surface area contributed by atoms with Crippen molar-refractivity contribution in [3.8, 4) is 5.75 Å². The Balaban J connectivity index is 1.28. The maximum Gasteiger partial charge on any atom is 0.328 e. The summed E-state index contributed by atoms with van der Waals surface area (Å²) in [4.78, 5) is 25.0. The highest BCUT2D eigenvalue weighted by atomic mass is 35.5. The third kappa shape index (κ3) is 6.04. The van der Waals surface area contributed by atoms with E-state index in [4.69, 9.17) is 16.3 Å². The molecule has 2 fully saturated rings. The van der Waals surface area contributed by atoms with Gasteiger partial charge < -0.3 is 9.30 Å². The SMILES string of the molecule is O=c1ccn(CCCCCS(=O)(=O)CC2(c3ccc(Cl)c(OCC4CC4)c3)CC2)c(=O)[nH]1. The topological polar surface area (TPSA) is 98.2 Å². The molecule has 174 valence electrons. The van der Waals surface area contributed by atoms with Gasteiger partial charge in [-0.3, -0.25) is 9.78 Å². The normalized spacial score (nSPS) is 17.3. The van der Waals surface area contributed by atoms with Crippen LogP contribution >= 0.6 is 11.6 Å². The monoisotopic (exact) mass is 480 g/mol. The van der Waals surface area contributed by atoms with Crippen molar-refractivity contribution in [1.29, 1.82) is 0 Å². The van der Waals surface area contributed by atoms with Crippen molar-refractivity contribution < 1.29 is 13.2 Å². The number of nitrogens with zero attached hydrogens (tertiary/aromatic N) is 1. The number of hydrogen-bond acceptors (Lipinski definition) is 5. The van der Waals surface area contributed by atoms with Crippen molar-refractivity contribution in [2.24, 2.45) is 5.92 Å². The minimum Gasteiger partial charge on any atom is -0.492 e. The summed E-state index contributed by atoms with van der Waals surface area (Å²) >= 11 is 6.28. The van der Waals surface area contributed by atoms with Gasteiger partial charge in [0.15, 0.2) is 9.84 Å². The van der Waals surface area contributed by atoms with Crippen molar-refractivity contribution in [2.75, 3.05) is 18.1 Å². The van der Waals surface area contributed by atoms with Gasteiger partial charge in [-0.2, -0.15) is 0 Å². The summed E-state index contributed by atoms with van der Waals surface area (Å²) in [6.07, 6.45) is 7.47. The molecule has 0 unspecified atom stereocenters. The van der Waals surface area contributed by atoms with Crippen LogP contribution in [0.4, 0.5) is 0 Å². The van der Waals surface area contributed by atoms with Crippen LogP contribution in [-0.4, -0.2) is 36.1 Å². The van der Waals surface area contributed by atoms with E-state index >= 15 is 0 Å². The van der Waals surface area contributed by atoms with Gasteiger partial charge in [0.2, 0.25) is 0 Å². The van der Waals surface area contributed by atoms with Gasteiger partial charge in [0.05, 0.1) is 23.1 Å². The van der Waals surface area contributed by atoms with Crippen LogP contribution in [0.2, 0.25) is 5.02 Å². The van der Waals surface area contributed by atoms with E-state index in [-0.39, 0.29) is 16.9 Å². The van der Waals surface area contributed by atoms with Crippen LogP contribution in [0, 0.1) is 5.92 Å². The van der Waals surface area contributed by atoms with E-state index in [1.54, 1.807) is 0 Å². The number of aromatic nitrogens is 2. The van der Waals surface area contributed by atoms with E-state index in [0.717, 1.165) is 18.4 Å². The molecule has 0 radical (unpaired) electrons. The first-order valence-electron chi connectivity index (χ1n) is 11.2. The third-order valence-electron chi connectivity index (χ3n) is 6.32. The number of benzene rings is 1. The van der Waals surface area contributed by atoms with Gasteiger partial charge in [0.25, 0.3) is 5.56 Å². The quantitative estimate of drug-likeness (QED) is 0.470. The molecule has 1 aromatic heterocycles. The zero-order chi connectivity index (χ0) is 22.8. The van der Waals surface area contributed by atoms with E-state index < -0.39 is 21.1 Å². The third-order valence-corrected chi connectivity index (χ3v) is 8.53. The summed E-state index contributed by atoms with van der Waals surface area (Å²) in [5.41, 5.74) is -0.198. The molecule has 0 aliphatic heterocycles. The molecule has 2 saturated carbocycles. The predicted octanol–water partition coefficient (Wildman–Crippen LogP) is 3.30. The van der Waals surface area contributed by atoms with E-state index in [9.17, 15) is 18.0 Å². The number of aryl methyl sites for hydroxylation is 1. The summed E-state index contributed by atoms with van der Waals surface area (Å²) in [7, 11) is -3.21. The Labute approximate surface area is 192 Å². The average molecular weight is 481 g/mol. The summed E-state index contributed by atoms with van der Waals surface area (Å²) in [6, 6.07) is 6.97. The Bertz CT molecular complexity index is 1180. The molecule has 1 N–H and O–H groups in total. The summed E-state index contributed by atoms with van der Waals surface area (Å²) < 4.78 is 32.9. The maximum absolute atomic E-state index is 12.8. The molecule has 2 aromatic rings. The van der Waals surface area contributed by atoms with Crippen molar-refractivity contribution >= 4 is 21.4 Å². The fourth-order valence-electron chi connectivity index (χ4n) is 4.00. The molecular weight excluding hydrogens is 452 g/mol. The first-order chi connectivity index (χ1) is 15.3. The van der Waals surface area contributed by atoms with Gasteiger partial charge in [-0.25, -0.2) is 13.2 Å². The number of hydrogen-bond donors (Lipinski definition) is 1. The number of ether oxygens (including phenoxy) is 1. The molecule has 2 aliphatic rings. The second-order valence-corrected chi connectivity index (χ2v) is 11.7. The largest absolute Gasteiger partial charge is 0.492 e. The van der Waals surface area contributed by atoms with Gasteiger partial charge in [-0.1, -0.05) is 24.1 Å². The number of sulfone groups is 1. The molecule has 0 atom stereocenters. The van der Waals surface area contributed by atoms with Crippen LogP contribution in [0.1, 0.15) is 50.5 Å². The Morgan fingerprint density at radius 1 is 1.12 bits per heavy atom. The van der Waals surface area contributed by atoms with Gasteiger partial charge >= 0.3 is 5.69 Å². The van der Waals surface area contributed by atoms with Crippen LogP contribution in [0.5, 0.6) is 5.75 Å². The molecule has 7 nitrogen and oxygen atoms in total. The summed E-state index contributed by atoms with van der Waals surface area (Å²) in [5, 5.41) is 0.564. The first-order valence-corrected chi connectivity index (χ1v) is 13.4. The van der Waals surface area contributed by atoms with Crippen LogP contribution in [0.15, 0.2) is 40.1 Å². The molecule has 0 spiro atoms.